The predicted octanol–water partition coefficient (Wildman–Crippen LogP) is 5.26. The highest BCUT2D eigenvalue weighted by atomic mass is 16.5. The first-order valence-corrected chi connectivity index (χ1v) is 9.41. The van der Waals surface area contributed by atoms with Crippen LogP contribution in [0.25, 0.3) is 11.7 Å². The van der Waals surface area contributed by atoms with Crippen LogP contribution in [0.4, 0.5) is 0 Å². The molecule has 29 heavy (non-hydrogen) atoms. The molecule has 0 saturated carbocycles. The Bertz CT molecular complexity index is 1120. The zero-order valence-electron chi connectivity index (χ0n) is 16.9. The molecule has 2 aromatic carbocycles. The number of aromatic nitrogens is 4. The minimum absolute atomic E-state index is 0.107. The van der Waals surface area contributed by atoms with Crippen LogP contribution in [0.1, 0.15) is 36.4 Å². The Morgan fingerprint density at radius 3 is 2.10 bits per heavy atom. The summed E-state index contributed by atoms with van der Waals surface area (Å²) in [6, 6.07) is 18.4. The second-order valence-electron chi connectivity index (χ2n) is 7.48. The van der Waals surface area contributed by atoms with E-state index in [2.05, 4.69) is 77.3 Å². The van der Waals surface area contributed by atoms with Crippen molar-refractivity contribution in [3.63, 3.8) is 0 Å². The number of nitrogens with zero attached hydrogens (tertiary/aromatic N) is 4. The van der Waals surface area contributed by atoms with E-state index in [0.717, 1.165) is 0 Å². The highest BCUT2D eigenvalue weighted by Crippen LogP contribution is 2.33. The molecule has 2 aromatic heterocycles. The Labute approximate surface area is 169 Å². The van der Waals surface area contributed by atoms with Crippen LogP contribution in [0.15, 0.2) is 65.3 Å². The Balaban J connectivity index is 1.53. The molecule has 0 aliphatic carbocycles. The second-order valence-corrected chi connectivity index (χ2v) is 7.48. The number of rotatable bonds is 5. The van der Waals surface area contributed by atoms with Gasteiger partial charge in [0.05, 0.1) is 0 Å². The van der Waals surface area contributed by atoms with E-state index in [1.54, 1.807) is 19.2 Å². The summed E-state index contributed by atoms with van der Waals surface area (Å²) in [6.07, 6.45) is 1.60. The molecule has 0 aliphatic rings. The maximum absolute atomic E-state index is 5.90. The van der Waals surface area contributed by atoms with Crippen LogP contribution in [0, 0.1) is 13.8 Å². The Morgan fingerprint density at radius 2 is 1.48 bits per heavy atom. The normalized spacial score (nSPS) is 11.4. The molecular formula is C23H22N4O2. The molecule has 6 heteroatoms. The highest BCUT2D eigenvalue weighted by Gasteiger charge is 2.23. The van der Waals surface area contributed by atoms with Crippen molar-refractivity contribution < 1.29 is 9.26 Å². The summed E-state index contributed by atoms with van der Waals surface area (Å²) in [4.78, 5) is 12.7. The van der Waals surface area contributed by atoms with Gasteiger partial charge in [0, 0.05) is 17.7 Å². The van der Waals surface area contributed by atoms with E-state index in [1.165, 1.54) is 16.7 Å². The zero-order valence-corrected chi connectivity index (χ0v) is 16.9. The van der Waals surface area contributed by atoms with E-state index < -0.39 is 0 Å². The zero-order chi connectivity index (χ0) is 20.4. The van der Waals surface area contributed by atoms with Crippen LogP contribution >= 0.6 is 0 Å². The molecular weight excluding hydrogens is 364 g/mol. The van der Waals surface area contributed by atoms with Crippen LogP contribution in [0.5, 0.6) is 11.6 Å². The van der Waals surface area contributed by atoms with Crippen molar-refractivity contribution >= 4 is 0 Å². The lowest BCUT2D eigenvalue weighted by molar-refractivity contribution is 0.420. The minimum Gasteiger partial charge on any atom is -0.439 e. The molecule has 0 atom stereocenters. The summed E-state index contributed by atoms with van der Waals surface area (Å²) >= 11 is 0. The summed E-state index contributed by atoms with van der Waals surface area (Å²) in [5.74, 6) is 2.24. The summed E-state index contributed by atoms with van der Waals surface area (Å²) < 4.78 is 11.0. The number of hydrogen-bond acceptors (Lipinski definition) is 6. The average molecular weight is 386 g/mol. The Hall–Kier alpha value is -3.54. The number of aryl methyl sites for hydroxylation is 2. The van der Waals surface area contributed by atoms with Gasteiger partial charge in [-0.25, -0.2) is 4.98 Å². The van der Waals surface area contributed by atoms with E-state index in [1.807, 2.05) is 12.1 Å². The lowest BCUT2D eigenvalue weighted by Crippen LogP contribution is -2.18. The first-order valence-electron chi connectivity index (χ1n) is 9.41. The van der Waals surface area contributed by atoms with Gasteiger partial charge in [0.15, 0.2) is 5.82 Å². The van der Waals surface area contributed by atoms with Gasteiger partial charge in [-0.05, 0) is 37.1 Å². The molecule has 0 N–H and O–H groups in total. The molecule has 4 aromatic rings. The summed E-state index contributed by atoms with van der Waals surface area (Å²) in [7, 11) is 0. The third-order valence-electron chi connectivity index (χ3n) is 4.92. The van der Waals surface area contributed by atoms with Gasteiger partial charge in [0.25, 0.3) is 5.89 Å². The van der Waals surface area contributed by atoms with Crippen LogP contribution in [-0.4, -0.2) is 20.1 Å². The molecule has 6 nitrogen and oxygen atoms in total. The topological polar surface area (TPSA) is 73.9 Å². The van der Waals surface area contributed by atoms with E-state index in [9.17, 15) is 0 Å². The van der Waals surface area contributed by atoms with Gasteiger partial charge in [0.2, 0.25) is 11.7 Å². The number of hydrogen-bond donors (Lipinski definition) is 0. The fourth-order valence-corrected chi connectivity index (χ4v) is 3.09. The Kier molecular flexibility index (Phi) is 4.84. The molecule has 0 bridgehead atoms. The summed E-state index contributed by atoms with van der Waals surface area (Å²) in [5.41, 5.74) is 3.63. The van der Waals surface area contributed by atoms with Gasteiger partial charge >= 0.3 is 0 Å². The SMILES string of the molecule is Cc1ccc(C(C)(C)c2ccc(Oc3ccnc(-c4nc(C)no4)n3)cc2)cc1. The lowest BCUT2D eigenvalue weighted by atomic mass is 9.78. The molecule has 0 fully saturated rings. The van der Waals surface area contributed by atoms with Gasteiger partial charge in [-0.15, -0.1) is 0 Å². The smallest absolute Gasteiger partial charge is 0.295 e. The van der Waals surface area contributed by atoms with Crippen LogP contribution in [0.3, 0.4) is 0 Å². The monoisotopic (exact) mass is 386 g/mol. The Morgan fingerprint density at radius 1 is 0.828 bits per heavy atom. The van der Waals surface area contributed by atoms with E-state index in [-0.39, 0.29) is 11.3 Å². The van der Waals surface area contributed by atoms with Crippen molar-refractivity contribution in [1.82, 2.24) is 20.1 Å². The van der Waals surface area contributed by atoms with Crippen molar-refractivity contribution in [3.8, 4) is 23.3 Å². The summed E-state index contributed by atoms with van der Waals surface area (Å²) in [5, 5.41) is 3.76. The van der Waals surface area contributed by atoms with Gasteiger partial charge in [-0.3, -0.25) is 0 Å². The minimum atomic E-state index is -0.107. The van der Waals surface area contributed by atoms with Gasteiger partial charge in [-0.2, -0.15) is 9.97 Å². The summed E-state index contributed by atoms with van der Waals surface area (Å²) in [6.45, 7) is 8.28. The van der Waals surface area contributed by atoms with Crippen molar-refractivity contribution in [2.45, 2.75) is 33.1 Å². The van der Waals surface area contributed by atoms with Crippen molar-refractivity contribution in [2.24, 2.45) is 0 Å². The second kappa shape index (κ2) is 7.47. The highest BCUT2D eigenvalue weighted by molar-refractivity contribution is 5.43. The van der Waals surface area contributed by atoms with Gasteiger partial charge < -0.3 is 9.26 Å². The average Bonchev–Trinajstić information content (AvgIpc) is 3.15. The molecule has 2 heterocycles. The maximum Gasteiger partial charge on any atom is 0.295 e. The van der Waals surface area contributed by atoms with Crippen LogP contribution in [0.2, 0.25) is 0 Å². The lowest BCUT2D eigenvalue weighted by Gasteiger charge is -2.26. The third kappa shape index (κ3) is 4.01. The molecule has 0 unspecified atom stereocenters. The van der Waals surface area contributed by atoms with Crippen molar-refractivity contribution in [2.75, 3.05) is 0 Å². The first-order chi connectivity index (χ1) is 13.9. The maximum atomic E-state index is 5.90. The van der Waals surface area contributed by atoms with Gasteiger partial charge in [0.1, 0.15) is 5.75 Å². The largest absolute Gasteiger partial charge is 0.439 e. The number of benzene rings is 2. The quantitative estimate of drug-likeness (QED) is 0.466. The van der Waals surface area contributed by atoms with E-state index in [4.69, 9.17) is 9.26 Å². The molecule has 4 rings (SSSR count). The molecule has 0 aliphatic heterocycles. The van der Waals surface area contributed by atoms with Crippen LogP contribution in [-0.2, 0) is 5.41 Å². The molecule has 0 amide bonds. The first kappa shape index (κ1) is 18.8. The third-order valence-corrected chi connectivity index (χ3v) is 4.92. The standard InChI is InChI=1S/C23H22N4O2/c1-15-5-7-17(8-6-15)23(3,4)18-9-11-19(12-10-18)28-20-13-14-24-21(26-20)22-25-16(2)27-29-22/h5-14H,1-4H3. The van der Waals surface area contributed by atoms with Gasteiger partial charge in [-0.1, -0.05) is 61.0 Å². The number of ether oxygens (including phenoxy) is 1. The molecule has 0 spiro atoms. The van der Waals surface area contributed by atoms with Crippen LogP contribution < -0.4 is 4.74 Å². The van der Waals surface area contributed by atoms with E-state index in [0.29, 0.717) is 23.3 Å². The van der Waals surface area contributed by atoms with Crippen molar-refractivity contribution in [1.29, 1.82) is 0 Å². The molecule has 146 valence electrons. The molecule has 0 saturated heterocycles. The fourth-order valence-electron chi connectivity index (χ4n) is 3.09. The fraction of sp³-hybridized carbons (Fsp3) is 0.217. The van der Waals surface area contributed by atoms with Crippen molar-refractivity contribution in [3.05, 3.63) is 83.3 Å². The predicted molar refractivity (Wildman–Crippen MR) is 110 cm³/mol. The van der Waals surface area contributed by atoms with E-state index >= 15 is 0 Å². The molecule has 0 radical (unpaired) electrons.